The maximum atomic E-state index is 12.1. The van der Waals surface area contributed by atoms with Gasteiger partial charge in [0.25, 0.3) is 0 Å². The van der Waals surface area contributed by atoms with Crippen molar-refractivity contribution in [1.29, 1.82) is 0 Å². The van der Waals surface area contributed by atoms with Crippen LogP contribution in [0.2, 0.25) is 0 Å². The number of carbonyl (C=O) groups excluding carboxylic acids is 5. The number of unbranched alkanes of at least 4 members (excludes halogenated alkanes) is 3. The molecule has 2 amide bonds. The van der Waals surface area contributed by atoms with E-state index in [-0.39, 0.29) is 32.2 Å². The number of nitrogens with one attached hydrogen (secondary N) is 2. The van der Waals surface area contributed by atoms with Gasteiger partial charge in [-0.1, -0.05) is 40.0 Å². The second kappa shape index (κ2) is 21.6. The number of esters is 3. The summed E-state index contributed by atoms with van der Waals surface area (Å²) in [5.74, 6) is -2.81. The Labute approximate surface area is 214 Å². The highest BCUT2D eigenvalue weighted by Crippen LogP contribution is 2.17. The Morgan fingerprint density at radius 3 is 1.89 bits per heavy atom. The first-order chi connectivity index (χ1) is 17.2. The van der Waals surface area contributed by atoms with Crippen LogP contribution in [0.15, 0.2) is 0 Å². The molecule has 11 nitrogen and oxygen atoms in total. The van der Waals surface area contributed by atoms with Crippen molar-refractivity contribution in [2.75, 3.05) is 19.9 Å². The van der Waals surface area contributed by atoms with Gasteiger partial charge in [-0.25, -0.2) is 0 Å². The molecule has 0 fully saturated rings. The fourth-order valence-corrected chi connectivity index (χ4v) is 3.14. The minimum atomic E-state index is -0.910. The van der Waals surface area contributed by atoms with Crippen LogP contribution in [-0.4, -0.2) is 66.9 Å². The van der Waals surface area contributed by atoms with Crippen LogP contribution < -0.4 is 10.6 Å². The zero-order chi connectivity index (χ0) is 27.2. The lowest BCUT2D eigenvalue weighted by Crippen LogP contribution is -2.38. The highest BCUT2D eigenvalue weighted by Gasteiger charge is 2.24. The largest absolute Gasteiger partial charge is 0.465 e. The number of carbonyl (C=O) groups is 5. The zero-order valence-corrected chi connectivity index (χ0v) is 22.0. The van der Waals surface area contributed by atoms with Gasteiger partial charge in [0.1, 0.15) is 18.9 Å². The Balaban J connectivity index is 4.28. The molecular weight excluding hydrogens is 472 g/mol. The number of aliphatic hydroxyl groups is 1. The van der Waals surface area contributed by atoms with E-state index in [1.165, 1.54) is 0 Å². The Bertz CT molecular complexity index is 670. The molecule has 0 aromatic heterocycles. The van der Waals surface area contributed by atoms with Crippen LogP contribution in [0.3, 0.4) is 0 Å². The molecule has 0 spiro atoms. The topological polar surface area (TPSA) is 157 Å². The summed E-state index contributed by atoms with van der Waals surface area (Å²) in [6.07, 6.45) is 3.46. The molecule has 0 aliphatic carbocycles. The van der Waals surface area contributed by atoms with Gasteiger partial charge in [-0.05, 0) is 38.5 Å². The molecule has 0 saturated heterocycles. The molecule has 0 heterocycles. The first kappa shape index (κ1) is 33.3. The maximum absolute atomic E-state index is 12.1. The summed E-state index contributed by atoms with van der Waals surface area (Å²) in [5.41, 5.74) is 0. The smallest absolute Gasteiger partial charge is 0.317 e. The van der Waals surface area contributed by atoms with Crippen molar-refractivity contribution < 1.29 is 43.3 Å². The fourth-order valence-electron chi connectivity index (χ4n) is 3.14. The van der Waals surface area contributed by atoms with E-state index in [9.17, 15) is 29.1 Å². The summed E-state index contributed by atoms with van der Waals surface area (Å²) < 4.78 is 15.1. The van der Waals surface area contributed by atoms with E-state index in [2.05, 4.69) is 10.6 Å². The van der Waals surface area contributed by atoms with Crippen LogP contribution >= 0.6 is 0 Å². The normalized spacial score (nSPS) is 12.2. The summed E-state index contributed by atoms with van der Waals surface area (Å²) in [5, 5.41) is 15.5. The third kappa shape index (κ3) is 18.6. The lowest BCUT2D eigenvalue weighted by atomic mass is 10.0. The molecule has 2 unspecified atom stereocenters. The van der Waals surface area contributed by atoms with Gasteiger partial charge in [-0.2, -0.15) is 0 Å². The van der Waals surface area contributed by atoms with Gasteiger partial charge in [0.05, 0.1) is 26.0 Å². The van der Waals surface area contributed by atoms with E-state index < -0.39 is 48.9 Å². The average molecular weight is 517 g/mol. The third-order valence-electron chi connectivity index (χ3n) is 5.06. The SMILES string of the molecule is CCCCCC(OC(=O)CC(=O)OCCC)C(O)CCCCC(=O)NCNC(=O)CC(=O)OCCC. The first-order valence-electron chi connectivity index (χ1n) is 13.0. The van der Waals surface area contributed by atoms with Gasteiger partial charge in [-0.3, -0.25) is 24.0 Å². The number of aliphatic hydroxyl groups excluding tert-OH is 1. The first-order valence-corrected chi connectivity index (χ1v) is 13.0. The van der Waals surface area contributed by atoms with Gasteiger partial charge in [-0.15, -0.1) is 0 Å². The average Bonchev–Trinajstić information content (AvgIpc) is 2.83. The van der Waals surface area contributed by atoms with Crippen molar-refractivity contribution in [3.05, 3.63) is 0 Å². The number of rotatable bonds is 21. The molecule has 0 saturated carbocycles. The van der Waals surface area contributed by atoms with Crippen LogP contribution in [-0.2, 0) is 38.2 Å². The molecule has 0 bridgehead atoms. The lowest BCUT2D eigenvalue weighted by Gasteiger charge is -2.23. The molecule has 3 N–H and O–H groups in total. The Morgan fingerprint density at radius 1 is 0.694 bits per heavy atom. The van der Waals surface area contributed by atoms with Crippen molar-refractivity contribution in [2.24, 2.45) is 0 Å². The molecule has 36 heavy (non-hydrogen) atoms. The monoisotopic (exact) mass is 516 g/mol. The molecule has 11 heteroatoms. The number of ether oxygens (including phenoxy) is 3. The molecule has 0 aliphatic rings. The van der Waals surface area contributed by atoms with Crippen LogP contribution in [0.5, 0.6) is 0 Å². The maximum Gasteiger partial charge on any atom is 0.317 e. The second-order valence-corrected chi connectivity index (χ2v) is 8.51. The highest BCUT2D eigenvalue weighted by molar-refractivity contribution is 5.94. The standard InChI is InChI=1S/C25H44N2O9/c1-4-7-8-12-20(36-25(33)17-24(32)35-15-6-3)19(28)11-9-10-13-21(29)26-18-27-22(30)16-23(31)34-14-5-2/h19-20,28H,4-18H2,1-3H3,(H,26,29)(H,27,30). The number of hydrogen-bond donors (Lipinski definition) is 3. The zero-order valence-electron chi connectivity index (χ0n) is 22.0. The van der Waals surface area contributed by atoms with Crippen molar-refractivity contribution in [3.8, 4) is 0 Å². The quantitative estimate of drug-likeness (QED) is 0.0684. The van der Waals surface area contributed by atoms with E-state index in [4.69, 9.17) is 14.2 Å². The molecule has 0 radical (unpaired) electrons. The predicted octanol–water partition coefficient (Wildman–Crippen LogP) is 2.28. The van der Waals surface area contributed by atoms with E-state index in [0.717, 1.165) is 19.3 Å². The van der Waals surface area contributed by atoms with E-state index in [1.807, 2.05) is 20.8 Å². The van der Waals surface area contributed by atoms with Crippen LogP contribution in [0.1, 0.15) is 97.8 Å². The number of hydrogen-bond acceptors (Lipinski definition) is 9. The molecule has 0 aromatic carbocycles. The van der Waals surface area contributed by atoms with Crippen molar-refractivity contribution >= 4 is 29.7 Å². The predicted molar refractivity (Wildman–Crippen MR) is 131 cm³/mol. The highest BCUT2D eigenvalue weighted by atomic mass is 16.6. The Morgan fingerprint density at radius 2 is 1.28 bits per heavy atom. The summed E-state index contributed by atoms with van der Waals surface area (Å²) in [6.45, 7) is 6.13. The lowest BCUT2D eigenvalue weighted by molar-refractivity contribution is -0.162. The molecular formula is C25H44N2O9. The van der Waals surface area contributed by atoms with Gasteiger partial charge in [0.15, 0.2) is 0 Å². The second-order valence-electron chi connectivity index (χ2n) is 8.51. The van der Waals surface area contributed by atoms with Crippen molar-refractivity contribution in [3.63, 3.8) is 0 Å². The molecule has 0 aliphatic heterocycles. The van der Waals surface area contributed by atoms with Crippen LogP contribution in [0.25, 0.3) is 0 Å². The van der Waals surface area contributed by atoms with Crippen LogP contribution in [0, 0.1) is 0 Å². The Kier molecular flexibility index (Phi) is 20.0. The summed E-state index contributed by atoms with van der Waals surface area (Å²) >= 11 is 0. The molecule has 0 aromatic rings. The molecule has 208 valence electrons. The molecule has 0 rings (SSSR count). The van der Waals surface area contributed by atoms with Crippen molar-refractivity contribution in [2.45, 2.75) is 110 Å². The van der Waals surface area contributed by atoms with E-state index in [0.29, 0.717) is 38.5 Å². The fraction of sp³-hybridized carbons (Fsp3) is 0.800. The summed E-state index contributed by atoms with van der Waals surface area (Å²) in [7, 11) is 0. The van der Waals surface area contributed by atoms with Gasteiger partial charge >= 0.3 is 17.9 Å². The summed E-state index contributed by atoms with van der Waals surface area (Å²) in [6, 6.07) is 0. The van der Waals surface area contributed by atoms with E-state index in [1.54, 1.807) is 0 Å². The van der Waals surface area contributed by atoms with Crippen LogP contribution in [0.4, 0.5) is 0 Å². The third-order valence-corrected chi connectivity index (χ3v) is 5.06. The van der Waals surface area contributed by atoms with Gasteiger partial charge < -0.3 is 30.0 Å². The Hall–Kier alpha value is -2.69. The van der Waals surface area contributed by atoms with Crippen molar-refractivity contribution in [1.82, 2.24) is 10.6 Å². The minimum Gasteiger partial charge on any atom is -0.465 e. The minimum absolute atomic E-state index is 0.0997. The van der Waals surface area contributed by atoms with Gasteiger partial charge in [0, 0.05) is 6.42 Å². The number of amides is 2. The summed E-state index contributed by atoms with van der Waals surface area (Å²) in [4.78, 5) is 58.6. The van der Waals surface area contributed by atoms with E-state index >= 15 is 0 Å². The van der Waals surface area contributed by atoms with Gasteiger partial charge in [0.2, 0.25) is 11.8 Å². The molecule has 2 atom stereocenters.